The Labute approximate surface area is 698 Å². The minimum absolute atomic E-state index is 1.05. The first-order chi connectivity index (χ1) is 59.5. The molecule has 4 heteroatoms. The van der Waals surface area contributed by atoms with E-state index in [1.165, 1.54) is 93.1 Å². The van der Waals surface area contributed by atoms with Crippen molar-refractivity contribution in [1.29, 1.82) is 0 Å². The lowest BCUT2D eigenvalue weighted by Crippen LogP contribution is -2.11. The van der Waals surface area contributed by atoms with Gasteiger partial charge in [0.1, 0.15) is 0 Å². The summed E-state index contributed by atoms with van der Waals surface area (Å²) in [6.45, 7) is 0. The molecule has 0 radical (unpaired) electrons. The largest absolute Gasteiger partial charge is 0.310 e. The van der Waals surface area contributed by atoms with Crippen molar-refractivity contribution in [3.63, 3.8) is 0 Å². The Kier molecular flexibility index (Phi) is 17.9. The average Bonchev–Trinajstić information content (AvgIpc) is 1.56. The van der Waals surface area contributed by atoms with E-state index in [4.69, 9.17) is 0 Å². The lowest BCUT2D eigenvalue weighted by atomic mass is 9.91. The SMILES string of the molecule is c1ccc(-c2ccc(N(c3cccc(-c4ccccc4)c3)c3ccccc3-c3cccc(-c4cccc5c4c4ccccc4n5-c4cccc(-c5ccc6c(c5)cc(-c5ccc(N(c7cccc(-c8ccccc8)c7)c7ccccc7-c7cccc(-c8cccc9c8c8ccccc8n9-c8ccccc8)c7)cc5)c5ccccc56)c4)c3)cc2)cc1. The van der Waals surface area contributed by atoms with Crippen LogP contribution in [0, 0.1) is 0 Å². The number of nitrogens with zero attached hydrogens (tertiary/aromatic N) is 4. The van der Waals surface area contributed by atoms with Crippen molar-refractivity contribution in [2.45, 2.75) is 0 Å². The second-order valence-corrected chi connectivity index (χ2v) is 31.1. The highest BCUT2D eigenvalue weighted by atomic mass is 15.2. The van der Waals surface area contributed by atoms with Crippen molar-refractivity contribution in [3.05, 3.63) is 473 Å². The van der Waals surface area contributed by atoms with Crippen LogP contribution in [0.25, 0.3) is 177 Å². The zero-order valence-corrected chi connectivity index (χ0v) is 65.8. The number of anilines is 6. The summed E-state index contributed by atoms with van der Waals surface area (Å²) in [4.78, 5) is 4.86. The van der Waals surface area contributed by atoms with Gasteiger partial charge in [0, 0.05) is 66.8 Å². The number of benzene rings is 20. The van der Waals surface area contributed by atoms with Gasteiger partial charge in [-0.1, -0.05) is 340 Å². The Morgan fingerprint density at radius 1 is 0.150 bits per heavy atom. The maximum Gasteiger partial charge on any atom is 0.0547 e. The predicted molar refractivity (Wildman–Crippen MR) is 508 cm³/mol. The lowest BCUT2D eigenvalue weighted by molar-refractivity contribution is 1.18. The number of rotatable bonds is 17. The Balaban J connectivity index is 0.610. The first kappa shape index (κ1) is 70.7. The molecule has 22 aromatic rings. The Morgan fingerprint density at radius 2 is 0.483 bits per heavy atom. The van der Waals surface area contributed by atoms with Gasteiger partial charge in [0.15, 0.2) is 0 Å². The van der Waals surface area contributed by atoms with Crippen LogP contribution < -0.4 is 9.80 Å². The fourth-order valence-corrected chi connectivity index (χ4v) is 18.5. The van der Waals surface area contributed by atoms with Gasteiger partial charge in [-0.05, 0) is 244 Å². The number of aromatic nitrogens is 2. The van der Waals surface area contributed by atoms with E-state index in [1.54, 1.807) is 0 Å². The Hall–Kier alpha value is -15.9. The standard InChI is InChI=1S/C116H78N4/c1-5-30-79(31-6-1)82-62-67-94(68-63-82)117(96-45-25-36-84(75-96)80-32-7-2-8-33-80)109-56-19-15-48-100(109)89-40-24-42-91(74-89)103-55-29-61-114-116(103)107-53-18-22-59-112(107)120(114)98-47-27-38-86(77-98)87-66-71-99-92(72-87)78-108(105-51-14-13-50-104(99)105)83-64-69-95(70-65-83)118(97-46-26-37-85(76-97)81-34-9-3-10-35-81)110-57-20-16-49-101(110)88-39-23-41-90(73-88)102-54-28-60-113-115(102)106-52-17-21-58-111(106)119(113)93-43-11-4-12-44-93/h1-78H. The van der Waals surface area contributed by atoms with Crippen molar-refractivity contribution in [2.24, 2.45) is 0 Å². The molecule has 22 rings (SSSR count). The molecule has 0 fully saturated rings. The monoisotopic (exact) mass is 1530 g/mol. The van der Waals surface area contributed by atoms with Gasteiger partial charge in [-0.2, -0.15) is 0 Å². The minimum Gasteiger partial charge on any atom is -0.310 e. The number of para-hydroxylation sites is 5. The van der Waals surface area contributed by atoms with Crippen molar-refractivity contribution < 1.29 is 0 Å². The molecule has 0 amide bonds. The molecule has 0 spiro atoms. The molecule has 0 saturated carbocycles. The molecule has 2 aromatic heterocycles. The van der Waals surface area contributed by atoms with Crippen LogP contribution in [0.3, 0.4) is 0 Å². The van der Waals surface area contributed by atoms with Crippen LogP contribution in [0.2, 0.25) is 0 Å². The van der Waals surface area contributed by atoms with E-state index in [-0.39, 0.29) is 0 Å². The molecule has 2 heterocycles. The van der Waals surface area contributed by atoms with Crippen molar-refractivity contribution in [2.75, 3.05) is 9.80 Å². The molecule has 0 saturated heterocycles. The Morgan fingerprint density at radius 3 is 1.01 bits per heavy atom. The summed E-state index contributed by atoms with van der Waals surface area (Å²) in [5.41, 5.74) is 34.2. The van der Waals surface area contributed by atoms with Crippen LogP contribution >= 0.6 is 0 Å². The van der Waals surface area contributed by atoms with Gasteiger partial charge in [0.2, 0.25) is 0 Å². The van der Waals surface area contributed by atoms with E-state index in [9.17, 15) is 0 Å². The van der Waals surface area contributed by atoms with Gasteiger partial charge >= 0.3 is 0 Å². The molecule has 20 aromatic carbocycles. The van der Waals surface area contributed by atoms with Crippen LogP contribution in [0.4, 0.5) is 34.1 Å². The summed E-state index contributed by atoms with van der Waals surface area (Å²) < 4.78 is 4.86. The second-order valence-electron chi connectivity index (χ2n) is 31.1. The fraction of sp³-hybridized carbons (Fsp3) is 0. The van der Waals surface area contributed by atoms with Crippen LogP contribution in [0.5, 0.6) is 0 Å². The lowest BCUT2D eigenvalue weighted by Gasteiger charge is -2.28. The van der Waals surface area contributed by atoms with Gasteiger partial charge < -0.3 is 18.9 Å². The van der Waals surface area contributed by atoms with Gasteiger partial charge in [-0.25, -0.2) is 0 Å². The molecule has 0 aliphatic heterocycles. The topological polar surface area (TPSA) is 16.3 Å². The third-order valence-corrected chi connectivity index (χ3v) is 24.1. The summed E-state index contributed by atoms with van der Waals surface area (Å²) in [5, 5.41) is 9.71. The summed E-state index contributed by atoms with van der Waals surface area (Å²) in [6.07, 6.45) is 0. The summed E-state index contributed by atoms with van der Waals surface area (Å²) >= 11 is 0. The molecule has 0 bridgehead atoms. The third-order valence-electron chi connectivity index (χ3n) is 24.1. The predicted octanol–water partition coefficient (Wildman–Crippen LogP) is 32.1. The van der Waals surface area contributed by atoms with E-state index in [1.807, 2.05) is 0 Å². The second kappa shape index (κ2) is 30.4. The van der Waals surface area contributed by atoms with Crippen LogP contribution in [0.1, 0.15) is 0 Å². The van der Waals surface area contributed by atoms with Crippen molar-refractivity contribution >= 4 is 99.3 Å². The van der Waals surface area contributed by atoms with Gasteiger partial charge in [-0.3, -0.25) is 0 Å². The van der Waals surface area contributed by atoms with Crippen LogP contribution in [-0.4, -0.2) is 9.13 Å². The summed E-state index contributed by atoms with van der Waals surface area (Å²) in [5.74, 6) is 0. The van der Waals surface area contributed by atoms with Crippen LogP contribution in [0.15, 0.2) is 473 Å². The maximum atomic E-state index is 2.46. The highest BCUT2D eigenvalue weighted by molar-refractivity contribution is 6.18. The molecular weight excluding hydrogens is 1450 g/mol. The molecule has 562 valence electrons. The highest BCUT2D eigenvalue weighted by Gasteiger charge is 2.25. The zero-order valence-electron chi connectivity index (χ0n) is 65.8. The minimum atomic E-state index is 1.05. The van der Waals surface area contributed by atoms with Gasteiger partial charge in [0.05, 0.1) is 33.4 Å². The normalized spacial score (nSPS) is 11.5. The first-order valence-corrected chi connectivity index (χ1v) is 41.3. The average molecular weight is 1530 g/mol. The molecule has 0 aliphatic carbocycles. The number of hydrogen-bond donors (Lipinski definition) is 0. The van der Waals surface area contributed by atoms with E-state index >= 15 is 0 Å². The van der Waals surface area contributed by atoms with Crippen molar-refractivity contribution in [1.82, 2.24) is 9.13 Å². The van der Waals surface area contributed by atoms with Crippen molar-refractivity contribution in [3.8, 4) is 112 Å². The van der Waals surface area contributed by atoms with E-state index < -0.39 is 0 Å². The van der Waals surface area contributed by atoms with E-state index in [2.05, 4.69) is 492 Å². The van der Waals surface area contributed by atoms with Gasteiger partial charge in [0.25, 0.3) is 0 Å². The molecule has 120 heavy (non-hydrogen) atoms. The van der Waals surface area contributed by atoms with E-state index in [0.29, 0.717) is 0 Å². The summed E-state index contributed by atoms with van der Waals surface area (Å²) in [7, 11) is 0. The number of hydrogen-bond acceptors (Lipinski definition) is 2. The third kappa shape index (κ3) is 12.8. The Bertz CT molecular complexity index is 7630. The zero-order chi connectivity index (χ0) is 79.4. The molecular formula is C116H78N4. The fourth-order valence-electron chi connectivity index (χ4n) is 18.5. The quantitative estimate of drug-likeness (QED) is 0.0845. The van der Waals surface area contributed by atoms with Crippen LogP contribution in [-0.2, 0) is 0 Å². The summed E-state index contributed by atoms with van der Waals surface area (Å²) in [6, 6.07) is 174. The maximum absolute atomic E-state index is 2.46. The molecule has 4 nitrogen and oxygen atoms in total. The first-order valence-electron chi connectivity index (χ1n) is 41.3. The molecule has 0 unspecified atom stereocenters. The van der Waals surface area contributed by atoms with Gasteiger partial charge in [-0.15, -0.1) is 0 Å². The molecule has 0 atom stereocenters. The number of fused-ring (bicyclic) bond motifs is 9. The highest BCUT2D eigenvalue weighted by Crippen LogP contribution is 2.49. The van der Waals surface area contributed by atoms with E-state index in [0.717, 1.165) is 118 Å². The smallest absolute Gasteiger partial charge is 0.0547 e. The molecule has 0 N–H and O–H groups in total. The molecule has 0 aliphatic rings.